The molecule has 2 heterocycles. The van der Waals surface area contributed by atoms with Gasteiger partial charge in [-0.2, -0.15) is 5.26 Å². The fourth-order valence-electron chi connectivity index (χ4n) is 2.81. The van der Waals surface area contributed by atoms with Crippen LogP contribution in [0, 0.1) is 11.3 Å². The maximum absolute atomic E-state index is 8.97. The van der Waals surface area contributed by atoms with Crippen molar-refractivity contribution < 1.29 is 4.74 Å². The Labute approximate surface area is 113 Å². The first-order valence-electron chi connectivity index (χ1n) is 6.97. The number of hydrogen-bond acceptors (Lipinski definition) is 2. The van der Waals surface area contributed by atoms with E-state index in [-0.39, 0.29) is 0 Å². The van der Waals surface area contributed by atoms with E-state index in [1.807, 2.05) is 18.2 Å². The zero-order valence-electron chi connectivity index (χ0n) is 11.0. The summed E-state index contributed by atoms with van der Waals surface area (Å²) in [6.07, 6.45) is 7.27. The van der Waals surface area contributed by atoms with Gasteiger partial charge in [-0.1, -0.05) is 6.07 Å². The van der Waals surface area contributed by atoms with E-state index in [2.05, 4.69) is 22.9 Å². The zero-order chi connectivity index (χ0) is 13.1. The van der Waals surface area contributed by atoms with Gasteiger partial charge in [-0.15, -0.1) is 0 Å². The predicted molar refractivity (Wildman–Crippen MR) is 74.9 cm³/mol. The van der Waals surface area contributed by atoms with Crippen molar-refractivity contribution in [1.29, 1.82) is 5.26 Å². The molecule has 2 aromatic rings. The Hall–Kier alpha value is -1.79. The molecule has 19 heavy (non-hydrogen) atoms. The van der Waals surface area contributed by atoms with E-state index in [1.165, 1.54) is 18.2 Å². The van der Waals surface area contributed by atoms with Crippen molar-refractivity contribution >= 4 is 10.9 Å². The van der Waals surface area contributed by atoms with Crippen molar-refractivity contribution in [3.8, 4) is 6.07 Å². The van der Waals surface area contributed by atoms with E-state index in [0.29, 0.717) is 6.10 Å². The normalized spacial score (nSPS) is 18.8. The number of benzene rings is 1. The van der Waals surface area contributed by atoms with Crippen LogP contribution < -0.4 is 0 Å². The largest absolute Gasteiger partial charge is 0.378 e. The Bertz CT molecular complexity index is 603. The Morgan fingerprint density at radius 3 is 3.11 bits per heavy atom. The molecule has 0 bridgehead atoms. The Morgan fingerprint density at radius 1 is 1.37 bits per heavy atom. The summed E-state index contributed by atoms with van der Waals surface area (Å²) in [7, 11) is 0. The number of hydrogen-bond donors (Lipinski definition) is 0. The molecular weight excluding hydrogens is 236 g/mol. The molecule has 3 heteroatoms. The molecule has 1 aliphatic heterocycles. The molecule has 3 rings (SSSR count). The van der Waals surface area contributed by atoms with Gasteiger partial charge < -0.3 is 9.30 Å². The fraction of sp³-hybridized carbons (Fsp3) is 0.438. The number of nitriles is 1. The zero-order valence-corrected chi connectivity index (χ0v) is 11.0. The molecule has 0 aliphatic carbocycles. The van der Waals surface area contributed by atoms with Crippen molar-refractivity contribution in [3.63, 3.8) is 0 Å². The monoisotopic (exact) mass is 254 g/mol. The lowest BCUT2D eigenvalue weighted by Gasteiger charge is -2.10. The Morgan fingerprint density at radius 2 is 2.32 bits per heavy atom. The summed E-state index contributed by atoms with van der Waals surface area (Å²) in [4.78, 5) is 0. The molecule has 0 amide bonds. The summed E-state index contributed by atoms with van der Waals surface area (Å²) in [5, 5.41) is 10.2. The molecule has 1 fully saturated rings. The molecular formula is C16H18N2O. The van der Waals surface area contributed by atoms with E-state index in [0.717, 1.165) is 37.1 Å². The number of nitrogens with zero attached hydrogens (tertiary/aromatic N) is 2. The molecule has 98 valence electrons. The van der Waals surface area contributed by atoms with Gasteiger partial charge >= 0.3 is 0 Å². The molecule has 3 nitrogen and oxygen atoms in total. The molecule has 0 spiro atoms. The van der Waals surface area contributed by atoms with Crippen molar-refractivity contribution in [3.05, 3.63) is 36.0 Å². The maximum atomic E-state index is 8.97. The third-order valence-electron chi connectivity index (χ3n) is 3.85. The van der Waals surface area contributed by atoms with Gasteiger partial charge in [-0.3, -0.25) is 0 Å². The predicted octanol–water partition coefficient (Wildman–Crippen LogP) is 3.47. The van der Waals surface area contributed by atoms with Crippen molar-refractivity contribution in [2.24, 2.45) is 0 Å². The number of aromatic nitrogens is 1. The second-order valence-corrected chi connectivity index (χ2v) is 5.17. The van der Waals surface area contributed by atoms with Crippen LogP contribution in [0.3, 0.4) is 0 Å². The summed E-state index contributed by atoms with van der Waals surface area (Å²) in [5.74, 6) is 0. The SMILES string of the molecule is N#Cc1ccc2ccn(CCCC3CCCO3)c2c1. The van der Waals surface area contributed by atoms with Crippen LogP contribution in [-0.2, 0) is 11.3 Å². The van der Waals surface area contributed by atoms with Gasteiger partial charge in [0.05, 0.1) is 17.7 Å². The van der Waals surface area contributed by atoms with Crippen LogP contribution in [0.15, 0.2) is 30.5 Å². The van der Waals surface area contributed by atoms with E-state index in [1.54, 1.807) is 0 Å². The third-order valence-corrected chi connectivity index (χ3v) is 3.85. The molecule has 0 saturated carbocycles. The van der Waals surface area contributed by atoms with Crippen LogP contribution in [0.1, 0.15) is 31.2 Å². The topological polar surface area (TPSA) is 38.0 Å². The first kappa shape index (κ1) is 12.3. The smallest absolute Gasteiger partial charge is 0.0992 e. The third kappa shape index (κ3) is 2.64. The van der Waals surface area contributed by atoms with Crippen LogP contribution in [0.4, 0.5) is 0 Å². The van der Waals surface area contributed by atoms with Crippen molar-refractivity contribution in [2.75, 3.05) is 6.61 Å². The average Bonchev–Trinajstić information content (AvgIpc) is 3.08. The van der Waals surface area contributed by atoms with Crippen molar-refractivity contribution in [1.82, 2.24) is 4.57 Å². The molecule has 1 aromatic heterocycles. The summed E-state index contributed by atoms with van der Waals surface area (Å²) in [6, 6.07) is 10.2. The lowest BCUT2D eigenvalue weighted by molar-refractivity contribution is 0.101. The van der Waals surface area contributed by atoms with E-state index < -0.39 is 0 Å². The van der Waals surface area contributed by atoms with Crippen LogP contribution in [0.2, 0.25) is 0 Å². The molecule has 1 saturated heterocycles. The number of rotatable bonds is 4. The molecule has 0 radical (unpaired) electrons. The maximum Gasteiger partial charge on any atom is 0.0992 e. The minimum absolute atomic E-state index is 0.469. The number of fused-ring (bicyclic) bond motifs is 1. The van der Waals surface area contributed by atoms with Gasteiger partial charge in [-0.25, -0.2) is 0 Å². The highest BCUT2D eigenvalue weighted by atomic mass is 16.5. The van der Waals surface area contributed by atoms with Crippen LogP contribution in [0.25, 0.3) is 10.9 Å². The Balaban J connectivity index is 1.68. The van der Waals surface area contributed by atoms with Gasteiger partial charge in [-0.05, 0) is 49.3 Å². The minimum atomic E-state index is 0.469. The van der Waals surface area contributed by atoms with Crippen LogP contribution in [0.5, 0.6) is 0 Å². The van der Waals surface area contributed by atoms with Gasteiger partial charge in [0.25, 0.3) is 0 Å². The molecule has 1 atom stereocenters. The summed E-state index contributed by atoms with van der Waals surface area (Å²) >= 11 is 0. The summed E-state index contributed by atoms with van der Waals surface area (Å²) in [5.41, 5.74) is 1.89. The minimum Gasteiger partial charge on any atom is -0.378 e. The molecule has 1 unspecified atom stereocenters. The van der Waals surface area contributed by atoms with E-state index >= 15 is 0 Å². The van der Waals surface area contributed by atoms with Gasteiger partial charge in [0.1, 0.15) is 0 Å². The fourth-order valence-corrected chi connectivity index (χ4v) is 2.81. The second kappa shape index (κ2) is 5.46. The van der Waals surface area contributed by atoms with Gasteiger partial charge in [0.15, 0.2) is 0 Å². The highest BCUT2D eigenvalue weighted by Crippen LogP contribution is 2.20. The van der Waals surface area contributed by atoms with Gasteiger partial charge in [0.2, 0.25) is 0 Å². The van der Waals surface area contributed by atoms with Crippen LogP contribution >= 0.6 is 0 Å². The van der Waals surface area contributed by atoms with Crippen molar-refractivity contribution in [2.45, 2.75) is 38.3 Å². The summed E-state index contributed by atoms with van der Waals surface area (Å²) < 4.78 is 7.89. The van der Waals surface area contributed by atoms with Crippen LogP contribution in [-0.4, -0.2) is 17.3 Å². The quantitative estimate of drug-likeness (QED) is 0.837. The second-order valence-electron chi connectivity index (χ2n) is 5.17. The standard InChI is InChI=1S/C16H18N2O/c17-12-13-5-6-14-7-9-18(16(14)11-13)8-1-3-15-4-2-10-19-15/h5-7,9,11,15H,1-4,8,10H2. The number of ether oxygens (including phenoxy) is 1. The molecule has 1 aromatic carbocycles. The van der Waals surface area contributed by atoms with E-state index in [9.17, 15) is 0 Å². The first-order valence-corrected chi connectivity index (χ1v) is 6.97. The highest BCUT2D eigenvalue weighted by molar-refractivity contribution is 5.81. The Kier molecular flexibility index (Phi) is 3.52. The lowest BCUT2D eigenvalue weighted by atomic mass is 10.1. The lowest BCUT2D eigenvalue weighted by Crippen LogP contribution is -2.06. The first-order chi connectivity index (χ1) is 9.36. The highest BCUT2D eigenvalue weighted by Gasteiger charge is 2.14. The van der Waals surface area contributed by atoms with Gasteiger partial charge in [0, 0.05) is 24.9 Å². The van der Waals surface area contributed by atoms with E-state index in [4.69, 9.17) is 10.00 Å². The number of aryl methyl sites for hydroxylation is 1. The summed E-state index contributed by atoms with van der Waals surface area (Å²) in [6.45, 7) is 1.93. The molecule has 0 N–H and O–H groups in total. The average molecular weight is 254 g/mol. The molecule has 1 aliphatic rings.